The highest BCUT2D eigenvalue weighted by Crippen LogP contribution is 2.37. The van der Waals surface area contributed by atoms with Crippen LogP contribution in [0.5, 0.6) is 0 Å². The van der Waals surface area contributed by atoms with Gasteiger partial charge in [0.05, 0.1) is 13.7 Å². The van der Waals surface area contributed by atoms with E-state index < -0.39 is 0 Å². The van der Waals surface area contributed by atoms with Crippen LogP contribution in [0.15, 0.2) is 0 Å². The number of carbonyl (C=O) groups is 1. The van der Waals surface area contributed by atoms with Crippen LogP contribution < -0.4 is 0 Å². The number of piperidine rings is 1. The molecule has 0 N–H and O–H groups in total. The molecule has 1 atom stereocenters. The molecule has 2 saturated heterocycles. The van der Waals surface area contributed by atoms with Gasteiger partial charge in [-0.15, -0.1) is 0 Å². The van der Waals surface area contributed by atoms with Gasteiger partial charge in [-0.05, 0) is 39.7 Å². The van der Waals surface area contributed by atoms with Crippen molar-refractivity contribution in [3.05, 3.63) is 0 Å². The first kappa shape index (κ1) is 13.8. The summed E-state index contributed by atoms with van der Waals surface area (Å²) in [5.74, 6) is -0.112. The summed E-state index contributed by atoms with van der Waals surface area (Å²) >= 11 is 0. The van der Waals surface area contributed by atoms with Crippen molar-refractivity contribution in [1.82, 2.24) is 9.80 Å². The zero-order valence-corrected chi connectivity index (χ0v) is 11.9. The fraction of sp³-hybridized carbons (Fsp3) is 0.929. The number of likely N-dealkylation sites (tertiary alicyclic amines) is 2. The molecule has 4 nitrogen and oxygen atoms in total. The van der Waals surface area contributed by atoms with Gasteiger partial charge >= 0.3 is 5.97 Å². The Morgan fingerprint density at radius 3 is 2.72 bits per heavy atom. The fourth-order valence-corrected chi connectivity index (χ4v) is 3.68. The maximum Gasteiger partial charge on any atom is 0.319 e. The lowest BCUT2D eigenvalue weighted by molar-refractivity contribution is -0.141. The van der Waals surface area contributed by atoms with Crippen molar-refractivity contribution in [3.63, 3.8) is 0 Å². The van der Waals surface area contributed by atoms with Crippen molar-refractivity contribution in [3.8, 4) is 0 Å². The molecule has 0 saturated carbocycles. The van der Waals surface area contributed by atoms with Crippen LogP contribution in [0.1, 0.15) is 39.5 Å². The van der Waals surface area contributed by atoms with Crippen molar-refractivity contribution >= 4 is 5.97 Å². The highest BCUT2D eigenvalue weighted by Gasteiger charge is 2.45. The predicted octanol–water partition coefficient (Wildman–Crippen LogP) is 1.50. The summed E-state index contributed by atoms with van der Waals surface area (Å²) in [6, 6.07) is 0.600. The van der Waals surface area contributed by atoms with Gasteiger partial charge in [0.1, 0.15) is 0 Å². The van der Waals surface area contributed by atoms with Gasteiger partial charge in [-0.3, -0.25) is 14.6 Å². The minimum atomic E-state index is -0.112. The van der Waals surface area contributed by atoms with Gasteiger partial charge in [-0.1, -0.05) is 6.42 Å². The Labute approximate surface area is 110 Å². The standard InChI is InChI=1S/C14H26N2O2/c1-12(2)16-8-5-4-6-14(16)7-9-15(11-14)10-13(17)18-3/h12H,4-11H2,1-3H3. The summed E-state index contributed by atoms with van der Waals surface area (Å²) in [6.07, 6.45) is 5.12. The average molecular weight is 254 g/mol. The van der Waals surface area contributed by atoms with Gasteiger partial charge in [-0.2, -0.15) is 0 Å². The van der Waals surface area contributed by atoms with Crippen molar-refractivity contribution in [2.75, 3.05) is 33.3 Å². The van der Waals surface area contributed by atoms with Gasteiger partial charge in [-0.25, -0.2) is 0 Å². The van der Waals surface area contributed by atoms with Crippen molar-refractivity contribution in [2.45, 2.75) is 51.1 Å². The lowest BCUT2D eigenvalue weighted by Crippen LogP contribution is -2.56. The van der Waals surface area contributed by atoms with Crippen molar-refractivity contribution in [1.29, 1.82) is 0 Å². The molecule has 1 unspecified atom stereocenters. The number of hydrogen-bond donors (Lipinski definition) is 0. The van der Waals surface area contributed by atoms with Crippen LogP contribution in [-0.4, -0.2) is 60.6 Å². The SMILES string of the molecule is COC(=O)CN1CCC2(CCCCN2C(C)C)C1. The Hall–Kier alpha value is -0.610. The summed E-state index contributed by atoms with van der Waals surface area (Å²) < 4.78 is 4.77. The molecule has 2 rings (SSSR count). The molecular weight excluding hydrogens is 228 g/mol. The van der Waals surface area contributed by atoms with Crippen LogP contribution in [0, 0.1) is 0 Å². The zero-order valence-electron chi connectivity index (χ0n) is 11.9. The Morgan fingerprint density at radius 2 is 2.06 bits per heavy atom. The third-order valence-electron chi connectivity index (χ3n) is 4.52. The van der Waals surface area contributed by atoms with E-state index in [-0.39, 0.29) is 5.97 Å². The van der Waals surface area contributed by atoms with Crippen LogP contribution in [0.25, 0.3) is 0 Å². The highest BCUT2D eigenvalue weighted by molar-refractivity contribution is 5.71. The number of ether oxygens (including phenoxy) is 1. The molecule has 104 valence electrons. The van der Waals surface area contributed by atoms with Gasteiger partial charge in [0.25, 0.3) is 0 Å². The van der Waals surface area contributed by atoms with Crippen LogP contribution in [-0.2, 0) is 9.53 Å². The third kappa shape index (κ3) is 2.69. The minimum Gasteiger partial charge on any atom is -0.468 e. The van der Waals surface area contributed by atoms with E-state index in [1.54, 1.807) is 0 Å². The van der Waals surface area contributed by atoms with Crippen molar-refractivity contribution < 1.29 is 9.53 Å². The Kier molecular flexibility index (Phi) is 4.28. The van der Waals surface area contributed by atoms with Gasteiger partial charge in [0, 0.05) is 24.7 Å². The summed E-state index contributed by atoms with van der Waals surface area (Å²) in [6.45, 7) is 8.29. The second kappa shape index (κ2) is 5.57. The van der Waals surface area contributed by atoms with E-state index >= 15 is 0 Å². The van der Waals surface area contributed by atoms with Crippen molar-refractivity contribution in [2.24, 2.45) is 0 Å². The third-order valence-corrected chi connectivity index (χ3v) is 4.52. The molecule has 0 amide bonds. The van der Waals surface area contributed by atoms with E-state index in [4.69, 9.17) is 4.74 Å². The molecule has 0 aliphatic carbocycles. The summed E-state index contributed by atoms with van der Waals surface area (Å²) in [7, 11) is 1.47. The number of carbonyl (C=O) groups excluding carboxylic acids is 1. The quantitative estimate of drug-likeness (QED) is 0.715. The monoisotopic (exact) mass is 254 g/mol. The second-order valence-corrected chi connectivity index (χ2v) is 6.01. The molecule has 18 heavy (non-hydrogen) atoms. The number of nitrogens with zero attached hydrogens (tertiary/aromatic N) is 2. The summed E-state index contributed by atoms with van der Waals surface area (Å²) in [5.41, 5.74) is 0.320. The molecular formula is C14H26N2O2. The van der Waals surface area contributed by atoms with E-state index in [0.717, 1.165) is 13.1 Å². The van der Waals surface area contributed by atoms with Gasteiger partial charge in [0.15, 0.2) is 0 Å². The molecule has 0 bridgehead atoms. The molecule has 0 aromatic heterocycles. The molecule has 2 heterocycles. The zero-order chi connectivity index (χ0) is 13.2. The molecule has 1 spiro atoms. The number of esters is 1. The maximum atomic E-state index is 11.4. The Balaban J connectivity index is 2.01. The molecule has 4 heteroatoms. The smallest absolute Gasteiger partial charge is 0.319 e. The van der Waals surface area contributed by atoms with Crippen LogP contribution in [0.2, 0.25) is 0 Å². The fourth-order valence-electron chi connectivity index (χ4n) is 3.68. The molecule has 0 aromatic carbocycles. The van der Waals surface area contributed by atoms with E-state index in [2.05, 4.69) is 23.6 Å². The molecule has 2 aliphatic heterocycles. The molecule has 0 aromatic rings. The highest BCUT2D eigenvalue weighted by atomic mass is 16.5. The Bertz CT molecular complexity index is 306. The minimum absolute atomic E-state index is 0.112. The molecule has 2 fully saturated rings. The van der Waals surface area contributed by atoms with Crippen LogP contribution in [0.4, 0.5) is 0 Å². The van der Waals surface area contributed by atoms with E-state index in [9.17, 15) is 4.79 Å². The predicted molar refractivity (Wildman–Crippen MR) is 71.5 cm³/mol. The van der Waals surface area contributed by atoms with Crippen LogP contribution in [0.3, 0.4) is 0 Å². The largest absolute Gasteiger partial charge is 0.468 e. The molecule has 2 aliphatic rings. The summed E-state index contributed by atoms with van der Waals surface area (Å²) in [4.78, 5) is 16.3. The second-order valence-electron chi connectivity index (χ2n) is 6.01. The summed E-state index contributed by atoms with van der Waals surface area (Å²) in [5, 5.41) is 0. The van der Waals surface area contributed by atoms with Gasteiger partial charge < -0.3 is 4.74 Å². The topological polar surface area (TPSA) is 32.8 Å². The number of rotatable bonds is 3. The first-order chi connectivity index (χ1) is 8.57. The number of hydrogen-bond acceptors (Lipinski definition) is 4. The van der Waals surface area contributed by atoms with E-state index in [1.807, 2.05) is 0 Å². The average Bonchev–Trinajstić information content (AvgIpc) is 2.72. The molecule has 0 radical (unpaired) electrons. The van der Waals surface area contributed by atoms with E-state index in [0.29, 0.717) is 18.1 Å². The van der Waals surface area contributed by atoms with Crippen LogP contribution >= 0.6 is 0 Å². The van der Waals surface area contributed by atoms with E-state index in [1.165, 1.54) is 39.3 Å². The first-order valence-corrected chi connectivity index (χ1v) is 7.13. The number of methoxy groups -OCH3 is 1. The first-order valence-electron chi connectivity index (χ1n) is 7.13. The van der Waals surface area contributed by atoms with Gasteiger partial charge in [0.2, 0.25) is 0 Å². The normalized spacial score (nSPS) is 30.2. The lowest BCUT2D eigenvalue weighted by Gasteiger charge is -2.47. The Morgan fingerprint density at radius 1 is 1.28 bits per heavy atom. The maximum absolute atomic E-state index is 11.4. The lowest BCUT2D eigenvalue weighted by atomic mass is 9.84.